The number of carboxylic acid groups (broad SMARTS) is 1. The molecule has 0 saturated carbocycles. The van der Waals surface area contributed by atoms with E-state index in [2.05, 4.69) is 21.2 Å². The topological polar surface area (TPSA) is 49.3 Å². The Balaban J connectivity index is 2.48. The van der Waals surface area contributed by atoms with Gasteiger partial charge in [-0.15, -0.1) is 0 Å². The van der Waals surface area contributed by atoms with Gasteiger partial charge in [0, 0.05) is 10.2 Å². The van der Waals surface area contributed by atoms with Gasteiger partial charge in [-0.1, -0.05) is 15.9 Å². The summed E-state index contributed by atoms with van der Waals surface area (Å²) in [5.74, 6) is -3.28. The number of benzene rings is 2. The van der Waals surface area contributed by atoms with Gasteiger partial charge in [0.15, 0.2) is 11.6 Å². The van der Waals surface area contributed by atoms with Gasteiger partial charge in [0.25, 0.3) is 0 Å². The molecule has 21 heavy (non-hydrogen) atoms. The van der Waals surface area contributed by atoms with Crippen LogP contribution in [0.1, 0.15) is 21.5 Å². The molecule has 6 heteroatoms. The third-order valence-electron chi connectivity index (χ3n) is 3.04. The fourth-order valence-corrected chi connectivity index (χ4v) is 2.74. The molecule has 0 atom stereocenters. The van der Waals surface area contributed by atoms with E-state index in [4.69, 9.17) is 5.11 Å². The third-order valence-corrected chi connectivity index (χ3v) is 3.49. The maximum absolute atomic E-state index is 13.9. The Kier molecular flexibility index (Phi) is 4.27. The molecular formula is C15H12BrF2NO2. The molecule has 110 valence electrons. The first-order valence-electron chi connectivity index (χ1n) is 6.05. The van der Waals surface area contributed by atoms with Gasteiger partial charge in [0.1, 0.15) is 5.69 Å². The lowest BCUT2D eigenvalue weighted by Gasteiger charge is -2.15. The van der Waals surface area contributed by atoms with E-state index in [-0.39, 0.29) is 5.69 Å². The minimum Gasteiger partial charge on any atom is -0.478 e. The molecule has 2 rings (SSSR count). The van der Waals surface area contributed by atoms with Gasteiger partial charge >= 0.3 is 5.97 Å². The van der Waals surface area contributed by atoms with Gasteiger partial charge in [-0.2, -0.15) is 0 Å². The summed E-state index contributed by atoms with van der Waals surface area (Å²) in [4.78, 5) is 10.8. The van der Waals surface area contributed by atoms with E-state index >= 15 is 0 Å². The number of carboxylic acids is 1. The Morgan fingerprint density at radius 2 is 1.52 bits per heavy atom. The van der Waals surface area contributed by atoms with Crippen molar-refractivity contribution in [2.45, 2.75) is 13.8 Å². The molecule has 2 N–H and O–H groups in total. The fraction of sp³-hybridized carbons (Fsp3) is 0.133. The van der Waals surface area contributed by atoms with Gasteiger partial charge in [0.2, 0.25) is 0 Å². The summed E-state index contributed by atoms with van der Waals surface area (Å²) in [5.41, 5.74) is 1.40. The van der Waals surface area contributed by atoms with Crippen LogP contribution in [0.25, 0.3) is 0 Å². The Morgan fingerprint density at radius 1 is 1.05 bits per heavy atom. The van der Waals surface area contributed by atoms with Crippen molar-refractivity contribution in [1.82, 2.24) is 0 Å². The molecule has 0 fully saturated rings. The molecule has 0 spiro atoms. The van der Waals surface area contributed by atoms with Crippen LogP contribution in [-0.4, -0.2) is 11.1 Å². The van der Waals surface area contributed by atoms with E-state index in [9.17, 15) is 13.6 Å². The van der Waals surface area contributed by atoms with Gasteiger partial charge in [0.05, 0.1) is 5.56 Å². The van der Waals surface area contributed by atoms with Crippen LogP contribution in [-0.2, 0) is 0 Å². The first kappa shape index (κ1) is 15.4. The van der Waals surface area contributed by atoms with Crippen LogP contribution < -0.4 is 5.32 Å². The molecule has 0 radical (unpaired) electrons. The first-order chi connectivity index (χ1) is 9.79. The lowest BCUT2D eigenvalue weighted by Crippen LogP contribution is -2.05. The van der Waals surface area contributed by atoms with Crippen molar-refractivity contribution in [3.63, 3.8) is 0 Å². The minimum absolute atomic E-state index is 0.367. The average Bonchev–Trinajstić information content (AvgIpc) is 2.35. The highest BCUT2D eigenvalue weighted by Crippen LogP contribution is 2.31. The number of anilines is 2. The highest BCUT2D eigenvalue weighted by Gasteiger charge is 2.16. The highest BCUT2D eigenvalue weighted by molar-refractivity contribution is 9.10. The molecule has 0 aliphatic heterocycles. The first-order valence-corrected chi connectivity index (χ1v) is 6.85. The van der Waals surface area contributed by atoms with Crippen LogP contribution in [0.2, 0.25) is 0 Å². The molecule has 0 aliphatic rings. The second kappa shape index (κ2) is 5.81. The second-order valence-corrected chi connectivity index (χ2v) is 5.58. The Bertz CT molecular complexity index is 686. The van der Waals surface area contributed by atoms with Crippen LogP contribution in [0.5, 0.6) is 0 Å². The quantitative estimate of drug-likeness (QED) is 0.832. The molecule has 3 nitrogen and oxygen atoms in total. The molecule has 0 amide bonds. The minimum atomic E-state index is -1.38. The van der Waals surface area contributed by atoms with Gasteiger partial charge < -0.3 is 10.4 Å². The summed E-state index contributed by atoms with van der Waals surface area (Å²) >= 11 is 3.35. The molecule has 0 bridgehead atoms. The molecule has 0 aromatic heterocycles. The van der Waals surface area contributed by atoms with E-state index in [1.165, 1.54) is 0 Å². The van der Waals surface area contributed by atoms with Gasteiger partial charge in [-0.3, -0.25) is 0 Å². The van der Waals surface area contributed by atoms with Crippen LogP contribution >= 0.6 is 15.9 Å². The number of hydrogen-bond donors (Lipinski definition) is 2. The zero-order chi connectivity index (χ0) is 15.7. The summed E-state index contributed by atoms with van der Waals surface area (Å²) in [6, 6.07) is 5.21. The average molecular weight is 356 g/mol. The predicted octanol–water partition coefficient (Wildman–Crippen LogP) is 4.79. The SMILES string of the molecule is Cc1cc(Br)cc(C)c1Nc1c(F)cc(C(=O)O)cc1F. The van der Waals surface area contributed by atoms with Crippen molar-refractivity contribution in [3.8, 4) is 0 Å². The van der Waals surface area contributed by atoms with Crippen LogP contribution in [0.4, 0.5) is 20.2 Å². The molecule has 0 saturated heterocycles. The lowest BCUT2D eigenvalue weighted by atomic mass is 10.1. The van der Waals surface area contributed by atoms with E-state index < -0.39 is 23.2 Å². The normalized spacial score (nSPS) is 10.5. The number of hydrogen-bond acceptors (Lipinski definition) is 2. The maximum Gasteiger partial charge on any atom is 0.335 e. The third kappa shape index (κ3) is 3.21. The van der Waals surface area contributed by atoms with Crippen molar-refractivity contribution in [2.75, 3.05) is 5.32 Å². The monoisotopic (exact) mass is 355 g/mol. The highest BCUT2D eigenvalue weighted by atomic mass is 79.9. The van der Waals surface area contributed by atoms with Crippen molar-refractivity contribution in [1.29, 1.82) is 0 Å². The van der Waals surface area contributed by atoms with E-state index in [0.717, 1.165) is 27.7 Å². The molecule has 2 aromatic rings. The van der Waals surface area contributed by atoms with E-state index in [0.29, 0.717) is 5.69 Å². The maximum atomic E-state index is 13.9. The predicted molar refractivity (Wildman–Crippen MR) is 80.2 cm³/mol. The number of halogens is 3. The summed E-state index contributed by atoms with van der Waals surface area (Å²) in [7, 11) is 0. The number of nitrogens with one attached hydrogen (secondary N) is 1. The van der Waals surface area contributed by atoms with E-state index in [1.807, 2.05) is 26.0 Å². The number of aryl methyl sites for hydroxylation is 2. The molecule has 0 aliphatic carbocycles. The zero-order valence-corrected chi connectivity index (χ0v) is 12.9. The van der Waals surface area contributed by atoms with Crippen LogP contribution in [0.3, 0.4) is 0 Å². The standard InChI is InChI=1S/C15H12BrF2NO2/c1-7-3-10(16)4-8(2)13(7)19-14-11(17)5-9(15(20)21)6-12(14)18/h3-6,19H,1-2H3,(H,20,21). The smallest absolute Gasteiger partial charge is 0.335 e. The molecule has 0 unspecified atom stereocenters. The summed E-state index contributed by atoms with van der Waals surface area (Å²) in [6.07, 6.45) is 0. The van der Waals surface area contributed by atoms with Gasteiger partial charge in [-0.05, 0) is 49.2 Å². The zero-order valence-electron chi connectivity index (χ0n) is 11.3. The Labute approximate surface area is 128 Å². The summed E-state index contributed by atoms with van der Waals surface area (Å²) in [6.45, 7) is 3.61. The molecule has 2 aromatic carbocycles. The number of rotatable bonds is 3. The molecule has 0 heterocycles. The van der Waals surface area contributed by atoms with Crippen LogP contribution in [0, 0.1) is 25.5 Å². The lowest BCUT2D eigenvalue weighted by molar-refractivity contribution is 0.0696. The van der Waals surface area contributed by atoms with Crippen molar-refractivity contribution < 1.29 is 18.7 Å². The second-order valence-electron chi connectivity index (χ2n) is 4.66. The van der Waals surface area contributed by atoms with Crippen LogP contribution in [0.15, 0.2) is 28.7 Å². The van der Waals surface area contributed by atoms with E-state index in [1.54, 1.807) is 0 Å². The largest absolute Gasteiger partial charge is 0.478 e. The Hall–Kier alpha value is -1.95. The number of aromatic carboxylic acids is 1. The summed E-state index contributed by atoms with van der Waals surface area (Å²) in [5, 5.41) is 11.5. The van der Waals surface area contributed by atoms with Crippen molar-refractivity contribution >= 4 is 33.3 Å². The number of carbonyl (C=O) groups is 1. The van der Waals surface area contributed by atoms with Gasteiger partial charge in [-0.25, -0.2) is 13.6 Å². The van der Waals surface area contributed by atoms with Crippen molar-refractivity contribution in [2.24, 2.45) is 0 Å². The van der Waals surface area contributed by atoms with Crippen molar-refractivity contribution in [3.05, 3.63) is 57.1 Å². The summed E-state index contributed by atoms with van der Waals surface area (Å²) < 4.78 is 28.7. The fourth-order valence-electron chi connectivity index (χ4n) is 2.05. The molecular weight excluding hydrogens is 344 g/mol. The Morgan fingerprint density at radius 3 is 1.95 bits per heavy atom.